The third kappa shape index (κ3) is 4.59. The van der Waals surface area contributed by atoms with E-state index in [1.807, 2.05) is 30.3 Å². The molecule has 10 atom stereocenters. The van der Waals surface area contributed by atoms with E-state index in [0.29, 0.717) is 48.5 Å². The van der Waals surface area contributed by atoms with Crippen LogP contribution in [-0.4, -0.2) is 28.4 Å². The highest BCUT2D eigenvalue weighted by atomic mass is 16.5. The highest BCUT2D eigenvalue weighted by molar-refractivity contribution is 5.69. The minimum Gasteiger partial charge on any atom is -0.461 e. The lowest BCUT2D eigenvalue weighted by Gasteiger charge is -2.62. The number of aliphatic hydroxyl groups excluding tert-OH is 2. The topological polar surface area (TPSA) is 66.8 Å². The van der Waals surface area contributed by atoms with Gasteiger partial charge in [-0.2, -0.15) is 0 Å². The zero-order chi connectivity index (χ0) is 24.8. The predicted octanol–water partition coefficient (Wildman–Crippen LogP) is 6.14. The normalized spacial score (nSPS) is 43.5. The number of esters is 1. The fourth-order valence-corrected chi connectivity index (χ4v) is 9.53. The van der Waals surface area contributed by atoms with Crippen molar-refractivity contribution in [3.05, 3.63) is 35.9 Å². The van der Waals surface area contributed by atoms with Crippen LogP contribution in [0.2, 0.25) is 0 Å². The standard InChI is InChI=1S/C31H46O4/c1-20(9-12-28(34)35-19-21-7-5-4-6-8-21)24-10-11-25-29-26(14-16-31(24,25)3)30(2)15-13-23(32)17-22(30)18-27(29)33/h4-8,20,22-27,29,32-33H,9-19H2,1-3H3/t20-,22?,23-,24?,25?,26?,27+,29?,30+,31-/m1/s1. The first-order valence-electron chi connectivity index (χ1n) is 14.3. The number of benzene rings is 1. The van der Waals surface area contributed by atoms with Gasteiger partial charge in [-0.25, -0.2) is 0 Å². The van der Waals surface area contributed by atoms with Gasteiger partial charge < -0.3 is 14.9 Å². The van der Waals surface area contributed by atoms with Gasteiger partial charge in [0.1, 0.15) is 6.61 Å². The van der Waals surface area contributed by atoms with E-state index in [2.05, 4.69) is 20.8 Å². The second-order valence-corrected chi connectivity index (χ2v) is 13.1. The Balaban J connectivity index is 1.21. The Labute approximate surface area is 211 Å². The van der Waals surface area contributed by atoms with Crippen LogP contribution in [0.5, 0.6) is 0 Å². The molecule has 194 valence electrons. The molecule has 4 fully saturated rings. The summed E-state index contributed by atoms with van der Waals surface area (Å²) in [6.07, 6.45) is 9.63. The molecule has 4 heteroatoms. The minimum atomic E-state index is -0.227. The molecule has 0 radical (unpaired) electrons. The number of ether oxygens (including phenoxy) is 1. The fraction of sp³-hybridized carbons (Fsp3) is 0.774. The zero-order valence-electron chi connectivity index (χ0n) is 22.0. The summed E-state index contributed by atoms with van der Waals surface area (Å²) in [5, 5.41) is 21.7. The fourth-order valence-electron chi connectivity index (χ4n) is 9.53. The van der Waals surface area contributed by atoms with Crippen LogP contribution in [0.4, 0.5) is 0 Å². The van der Waals surface area contributed by atoms with Gasteiger partial charge in [0.05, 0.1) is 12.2 Å². The summed E-state index contributed by atoms with van der Waals surface area (Å²) >= 11 is 0. The average Bonchev–Trinajstić information content (AvgIpc) is 3.20. The van der Waals surface area contributed by atoms with Gasteiger partial charge in [-0.05, 0) is 110 Å². The molecule has 0 amide bonds. The van der Waals surface area contributed by atoms with Gasteiger partial charge in [0, 0.05) is 6.42 Å². The van der Waals surface area contributed by atoms with E-state index >= 15 is 0 Å². The third-order valence-corrected chi connectivity index (χ3v) is 11.5. The Morgan fingerprint density at radius 1 is 1.00 bits per heavy atom. The molecule has 2 N–H and O–H groups in total. The second kappa shape index (κ2) is 9.82. The van der Waals surface area contributed by atoms with Crippen LogP contribution in [0.15, 0.2) is 30.3 Å². The number of rotatable bonds is 6. The van der Waals surface area contributed by atoms with Crippen LogP contribution in [0, 0.1) is 46.3 Å². The van der Waals surface area contributed by atoms with Crippen LogP contribution >= 0.6 is 0 Å². The first-order valence-corrected chi connectivity index (χ1v) is 14.3. The molecule has 0 saturated heterocycles. The van der Waals surface area contributed by atoms with E-state index < -0.39 is 0 Å². The van der Waals surface area contributed by atoms with Gasteiger partial charge in [-0.15, -0.1) is 0 Å². The number of hydrogen-bond donors (Lipinski definition) is 2. The molecule has 1 aromatic rings. The summed E-state index contributed by atoms with van der Waals surface area (Å²) in [5.74, 6) is 3.04. The number of fused-ring (bicyclic) bond motifs is 5. The number of aliphatic hydroxyl groups is 2. The molecule has 0 aliphatic heterocycles. The van der Waals surface area contributed by atoms with Crippen LogP contribution in [0.25, 0.3) is 0 Å². The predicted molar refractivity (Wildman–Crippen MR) is 137 cm³/mol. The van der Waals surface area contributed by atoms with E-state index in [4.69, 9.17) is 4.74 Å². The van der Waals surface area contributed by atoms with Gasteiger partial charge in [0.15, 0.2) is 0 Å². The van der Waals surface area contributed by atoms with Gasteiger partial charge in [0.25, 0.3) is 0 Å². The van der Waals surface area contributed by atoms with Gasteiger partial charge >= 0.3 is 5.97 Å². The van der Waals surface area contributed by atoms with Crippen molar-refractivity contribution in [2.45, 2.75) is 104 Å². The molecule has 0 spiro atoms. The molecular formula is C31H46O4. The lowest BCUT2D eigenvalue weighted by molar-refractivity contribution is -0.174. The molecule has 4 nitrogen and oxygen atoms in total. The van der Waals surface area contributed by atoms with Crippen molar-refractivity contribution in [2.75, 3.05) is 0 Å². The lowest BCUT2D eigenvalue weighted by Crippen LogP contribution is -2.58. The molecule has 0 bridgehead atoms. The molecule has 4 saturated carbocycles. The summed E-state index contributed by atoms with van der Waals surface area (Å²) < 4.78 is 5.54. The highest BCUT2D eigenvalue weighted by Crippen LogP contribution is 2.68. The summed E-state index contributed by atoms with van der Waals surface area (Å²) in [6.45, 7) is 7.68. The molecule has 4 aliphatic rings. The minimum absolute atomic E-state index is 0.0923. The maximum atomic E-state index is 12.4. The van der Waals surface area contributed by atoms with Gasteiger partial charge in [-0.1, -0.05) is 51.1 Å². The molecule has 0 aromatic heterocycles. The lowest BCUT2D eigenvalue weighted by atomic mass is 9.43. The molecular weight excluding hydrogens is 436 g/mol. The Morgan fingerprint density at radius 2 is 1.71 bits per heavy atom. The van der Waals surface area contributed by atoms with Crippen molar-refractivity contribution in [1.29, 1.82) is 0 Å². The average molecular weight is 483 g/mol. The maximum Gasteiger partial charge on any atom is 0.306 e. The zero-order valence-corrected chi connectivity index (χ0v) is 22.0. The Bertz CT molecular complexity index is 885. The Hall–Kier alpha value is -1.39. The van der Waals surface area contributed by atoms with Crippen molar-refractivity contribution in [1.82, 2.24) is 0 Å². The maximum absolute atomic E-state index is 12.4. The van der Waals surface area contributed by atoms with Gasteiger partial charge in [-0.3, -0.25) is 4.79 Å². The molecule has 5 unspecified atom stereocenters. The summed E-state index contributed by atoms with van der Waals surface area (Å²) in [4.78, 5) is 12.4. The van der Waals surface area contributed by atoms with Crippen molar-refractivity contribution in [2.24, 2.45) is 46.3 Å². The second-order valence-electron chi connectivity index (χ2n) is 13.1. The quantitative estimate of drug-likeness (QED) is 0.478. The van der Waals surface area contributed by atoms with Crippen LogP contribution in [0.3, 0.4) is 0 Å². The molecule has 35 heavy (non-hydrogen) atoms. The first kappa shape index (κ1) is 25.3. The van der Waals surface area contributed by atoms with Crippen LogP contribution in [0.1, 0.15) is 90.5 Å². The summed E-state index contributed by atoms with van der Waals surface area (Å²) in [5.41, 5.74) is 1.56. The van der Waals surface area contributed by atoms with E-state index in [-0.39, 0.29) is 29.0 Å². The molecule has 1 aromatic carbocycles. The van der Waals surface area contributed by atoms with Crippen molar-refractivity contribution >= 4 is 5.97 Å². The summed E-state index contributed by atoms with van der Waals surface area (Å²) in [6, 6.07) is 9.89. The van der Waals surface area contributed by atoms with E-state index in [0.717, 1.165) is 37.7 Å². The van der Waals surface area contributed by atoms with Crippen LogP contribution < -0.4 is 0 Å². The summed E-state index contributed by atoms with van der Waals surface area (Å²) in [7, 11) is 0. The first-order chi connectivity index (χ1) is 16.7. The number of carbonyl (C=O) groups is 1. The van der Waals surface area contributed by atoms with Crippen LogP contribution in [-0.2, 0) is 16.1 Å². The highest BCUT2D eigenvalue weighted by Gasteiger charge is 2.62. The molecule has 5 rings (SSSR count). The van der Waals surface area contributed by atoms with E-state index in [9.17, 15) is 15.0 Å². The van der Waals surface area contributed by atoms with Gasteiger partial charge in [0.2, 0.25) is 0 Å². The van der Waals surface area contributed by atoms with Crippen molar-refractivity contribution < 1.29 is 19.7 Å². The number of carbonyl (C=O) groups excluding carboxylic acids is 1. The Kier molecular flexibility index (Phi) is 7.09. The Morgan fingerprint density at radius 3 is 2.49 bits per heavy atom. The van der Waals surface area contributed by atoms with Crippen molar-refractivity contribution in [3.63, 3.8) is 0 Å². The smallest absolute Gasteiger partial charge is 0.306 e. The monoisotopic (exact) mass is 482 g/mol. The molecule has 0 heterocycles. The third-order valence-electron chi connectivity index (χ3n) is 11.5. The van der Waals surface area contributed by atoms with E-state index in [1.54, 1.807) is 0 Å². The van der Waals surface area contributed by atoms with E-state index in [1.165, 1.54) is 25.7 Å². The number of hydrogen-bond acceptors (Lipinski definition) is 4. The van der Waals surface area contributed by atoms with Crippen molar-refractivity contribution in [3.8, 4) is 0 Å². The largest absolute Gasteiger partial charge is 0.461 e. The molecule has 4 aliphatic carbocycles. The SMILES string of the molecule is C[C@H](CCC(=O)OCc1ccccc1)C1CCC2C3C(CC[C@@]21C)[C@@]1(C)CC[C@@H](O)CC1C[C@@H]3O.